The molecule has 0 heterocycles. The van der Waals surface area contributed by atoms with Crippen molar-refractivity contribution in [1.29, 1.82) is 0 Å². The zero-order valence-corrected chi connectivity index (χ0v) is 12.8. The van der Waals surface area contributed by atoms with Gasteiger partial charge in [-0.3, -0.25) is 0 Å². The van der Waals surface area contributed by atoms with E-state index in [1.54, 1.807) is 12.1 Å². The zero-order valence-electron chi connectivity index (χ0n) is 11.3. The molecule has 2 N–H and O–H groups in total. The maximum absolute atomic E-state index is 6.13. The fourth-order valence-corrected chi connectivity index (χ4v) is 2.31. The first-order valence-electron chi connectivity index (χ1n) is 6.53. The summed E-state index contributed by atoms with van der Waals surface area (Å²) in [7, 11) is 0. The van der Waals surface area contributed by atoms with E-state index in [0.29, 0.717) is 16.7 Å². The molecule has 0 radical (unpaired) electrons. The molecule has 4 heteroatoms. The molecule has 2 nitrogen and oxygen atoms in total. The van der Waals surface area contributed by atoms with Crippen molar-refractivity contribution in [3.8, 4) is 5.75 Å². The van der Waals surface area contributed by atoms with Crippen LogP contribution in [0.15, 0.2) is 42.5 Å². The Hall–Kier alpha value is -1.22. The largest absolute Gasteiger partial charge is 0.489 e. The minimum atomic E-state index is -0.0268. The van der Waals surface area contributed by atoms with Gasteiger partial charge in [0.15, 0.2) is 0 Å². The molecule has 2 aromatic carbocycles. The highest BCUT2D eigenvalue weighted by Crippen LogP contribution is 2.27. The van der Waals surface area contributed by atoms with Crippen molar-refractivity contribution in [3.63, 3.8) is 0 Å². The standard InChI is InChI=1S/C16H17Cl2NO/c1-2-15(19)13-5-3-4-6-16(13)20-10-11-9-12(17)7-8-14(11)18/h3-9,15H,2,10,19H2,1H3/t15-/m0/s1. The van der Waals surface area contributed by atoms with Gasteiger partial charge in [-0.05, 0) is 30.7 Å². The van der Waals surface area contributed by atoms with Gasteiger partial charge in [-0.2, -0.15) is 0 Å². The van der Waals surface area contributed by atoms with E-state index >= 15 is 0 Å². The van der Waals surface area contributed by atoms with Crippen LogP contribution in [0.2, 0.25) is 10.0 Å². The van der Waals surface area contributed by atoms with Crippen molar-refractivity contribution >= 4 is 23.2 Å². The molecule has 0 saturated carbocycles. The third-order valence-electron chi connectivity index (χ3n) is 3.15. The van der Waals surface area contributed by atoms with Crippen molar-refractivity contribution in [2.45, 2.75) is 26.0 Å². The lowest BCUT2D eigenvalue weighted by Gasteiger charge is -2.16. The monoisotopic (exact) mass is 309 g/mol. The Labute approximate surface area is 129 Å². The minimum Gasteiger partial charge on any atom is -0.489 e. The van der Waals surface area contributed by atoms with E-state index in [4.69, 9.17) is 33.7 Å². The fourth-order valence-electron chi connectivity index (χ4n) is 1.95. The third kappa shape index (κ3) is 3.66. The van der Waals surface area contributed by atoms with E-state index in [1.807, 2.05) is 30.3 Å². The van der Waals surface area contributed by atoms with Crippen LogP contribution < -0.4 is 10.5 Å². The summed E-state index contributed by atoms with van der Waals surface area (Å²) in [5.74, 6) is 0.790. The number of nitrogens with two attached hydrogens (primary N) is 1. The Morgan fingerprint density at radius 2 is 1.90 bits per heavy atom. The van der Waals surface area contributed by atoms with Crippen LogP contribution in [0, 0.1) is 0 Å². The summed E-state index contributed by atoms with van der Waals surface area (Å²) < 4.78 is 5.86. The third-order valence-corrected chi connectivity index (χ3v) is 3.75. The second-order valence-corrected chi connectivity index (χ2v) is 5.42. The van der Waals surface area contributed by atoms with Crippen molar-refractivity contribution < 1.29 is 4.74 Å². The summed E-state index contributed by atoms with van der Waals surface area (Å²) in [5.41, 5.74) is 7.96. The van der Waals surface area contributed by atoms with Gasteiger partial charge in [0.25, 0.3) is 0 Å². The van der Waals surface area contributed by atoms with E-state index in [-0.39, 0.29) is 6.04 Å². The highest BCUT2D eigenvalue weighted by molar-refractivity contribution is 6.33. The summed E-state index contributed by atoms with van der Waals surface area (Å²) in [6, 6.07) is 13.1. The summed E-state index contributed by atoms with van der Waals surface area (Å²) in [5, 5.41) is 1.29. The highest BCUT2D eigenvalue weighted by Gasteiger charge is 2.10. The lowest BCUT2D eigenvalue weighted by atomic mass is 10.0. The zero-order chi connectivity index (χ0) is 14.5. The Bertz CT molecular complexity index is 586. The van der Waals surface area contributed by atoms with Crippen LogP contribution in [-0.2, 0) is 6.61 Å². The topological polar surface area (TPSA) is 35.2 Å². The fraction of sp³-hybridized carbons (Fsp3) is 0.250. The molecule has 2 rings (SSSR count). The predicted molar refractivity (Wildman–Crippen MR) is 84.5 cm³/mol. The SMILES string of the molecule is CC[C@H](N)c1ccccc1OCc1cc(Cl)ccc1Cl. The number of benzene rings is 2. The van der Waals surface area contributed by atoms with Crippen LogP contribution in [0.3, 0.4) is 0 Å². The van der Waals surface area contributed by atoms with Crippen LogP contribution in [0.4, 0.5) is 0 Å². The van der Waals surface area contributed by atoms with Crippen molar-refractivity contribution in [2.75, 3.05) is 0 Å². The Morgan fingerprint density at radius 1 is 1.15 bits per heavy atom. The molecule has 0 amide bonds. The van der Waals surface area contributed by atoms with E-state index in [0.717, 1.165) is 23.3 Å². The van der Waals surface area contributed by atoms with Gasteiger partial charge in [-0.15, -0.1) is 0 Å². The lowest BCUT2D eigenvalue weighted by molar-refractivity contribution is 0.301. The molecular formula is C16H17Cl2NO. The second-order valence-electron chi connectivity index (χ2n) is 4.58. The molecule has 0 spiro atoms. The normalized spacial score (nSPS) is 12.2. The number of hydrogen-bond donors (Lipinski definition) is 1. The molecule has 0 aliphatic heterocycles. The number of halogens is 2. The van der Waals surface area contributed by atoms with Gasteiger partial charge in [0.05, 0.1) is 0 Å². The van der Waals surface area contributed by atoms with Gasteiger partial charge >= 0.3 is 0 Å². The van der Waals surface area contributed by atoms with Crippen LogP contribution >= 0.6 is 23.2 Å². The first kappa shape index (κ1) is 15.2. The van der Waals surface area contributed by atoms with Gasteiger partial charge in [0.1, 0.15) is 12.4 Å². The van der Waals surface area contributed by atoms with E-state index in [2.05, 4.69) is 6.92 Å². The molecule has 0 aliphatic carbocycles. The van der Waals surface area contributed by atoms with Gasteiger partial charge < -0.3 is 10.5 Å². The second kappa shape index (κ2) is 6.98. The summed E-state index contributed by atoms with van der Waals surface area (Å²) >= 11 is 12.1. The molecule has 2 aromatic rings. The summed E-state index contributed by atoms with van der Waals surface area (Å²) in [4.78, 5) is 0. The predicted octanol–water partition coefficient (Wildman–Crippen LogP) is 4.98. The summed E-state index contributed by atoms with van der Waals surface area (Å²) in [6.07, 6.45) is 0.859. The van der Waals surface area contributed by atoms with Crippen LogP contribution in [-0.4, -0.2) is 0 Å². The van der Waals surface area contributed by atoms with E-state index < -0.39 is 0 Å². The maximum atomic E-state index is 6.13. The van der Waals surface area contributed by atoms with Gasteiger partial charge in [-0.25, -0.2) is 0 Å². The number of para-hydroxylation sites is 1. The lowest BCUT2D eigenvalue weighted by Crippen LogP contribution is -2.10. The molecule has 0 bridgehead atoms. The molecule has 0 aromatic heterocycles. The smallest absolute Gasteiger partial charge is 0.124 e. The average Bonchev–Trinajstić information content (AvgIpc) is 2.47. The van der Waals surface area contributed by atoms with Crippen LogP contribution in [0.5, 0.6) is 5.75 Å². The molecular weight excluding hydrogens is 293 g/mol. The summed E-state index contributed by atoms with van der Waals surface area (Å²) in [6.45, 7) is 2.42. The van der Waals surface area contributed by atoms with E-state index in [9.17, 15) is 0 Å². The number of hydrogen-bond acceptors (Lipinski definition) is 2. The molecule has 0 fully saturated rings. The quantitative estimate of drug-likeness (QED) is 0.845. The van der Waals surface area contributed by atoms with Crippen LogP contribution in [0.1, 0.15) is 30.5 Å². The molecule has 20 heavy (non-hydrogen) atoms. The van der Waals surface area contributed by atoms with Gasteiger partial charge in [-0.1, -0.05) is 48.3 Å². The Kier molecular flexibility index (Phi) is 5.30. The molecule has 0 unspecified atom stereocenters. The Balaban J connectivity index is 2.17. The first-order valence-corrected chi connectivity index (χ1v) is 7.28. The van der Waals surface area contributed by atoms with Crippen molar-refractivity contribution in [3.05, 3.63) is 63.6 Å². The van der Waals surface area contributed by atoms with Crippen molar-refractivity contribution in [1.82, 2.24) is 0 Å². The number of rotatable bonds is 5. The molecule has 106 valence electrons. The molecule has 0 saturated heterocycles. The number of ether oxygens (including phenoxy) is 1. The first-order chi connectivity index (χ1) is 9.61. The highest BCUT2D eigenvalue weighted by atomic mass is 35.5. The van der Waals surface area contributed by atoms with Gasteiger partial charge in [0, 0.05) is 27.2 Å². The molecule has 0 aliphatic rings. The van der Waals surface area contributed by atoms with Crippen LogP contribution in [0.25, 0.3) is 0 Å². The van der Waals surface area contributed by atoms with Gasteiger partial charge in [0.2, 0.25) is 0 Å². The maximum Gasteiger partial charge on any atom is 0.124 e. The molecule has 1 atom stereocenters. The van der Waals surface area contributed by atoms with E-state index in [1.165, 1.54) is 0 Å². The average molecular weight is 310 g/mol. The Morgan fingerprint density at radius 3 is 2.65 bits per heavy atom. The van der Waals surface area contributed by atoms with Crippen molar-refractivity contribution in [2.24, 2.45) is 5.73 Å². The minimum absolute atomic E-state index is 0.0268.